The van der Waals surface area contributed by atoms with Gasteiger partial charge in [0.05, 0.1) is 11.4 Å². The molecule has 3 heteroatoms. The Hall–Kier alpha value is -0.840. The minimum Gasteiger partial charge on any atom is -0.255 e. The summed E-state index contributed by atoms with van der Waals surface area (Å²) in [6.07, 6.45) is 3.67. The van der Waals surface area contributed by atoms with Crippen LogP contribution in [0.1, 0.15) is 5.69 Å². The average molecular weight is 270 g/mol. The number of hydrogen-bond acceptors (Lipinski definition) is 2. The Morgan fingerprint density at radius 1 is 1.25 bits per heavy atom. The van der Waals surface area contributed by atoms with Gasteiger partial charge in [-0.25, -0.2) is 0 Å². The second kappa shape index (κ2) is 3.71. The summed E-state index contributed by atoms with van der Waals surface area (Å²) in [5.74, 6) is 0. The predicted octanol–water partition coefficient (Wildman–Crippen LogP) is 2.24. The third kappa shape index (κ3) is 1.66. The molecule has 0 unspecified atom stereocenters. The van der Waals surface area contributed by atoms with Crippen molar-refractivity contribution in [3.05, 3.63) is 34.2 Å². The second-order valence-corrected chi connectivity index (χ2v) is 4.30. The zero-order valence-corrected chi connectivity index (χ0v) is 8.47. The van der Waals surface area contributed by atoms with E-state index in [0.29, 0.717) is 0 Å². The smallest absolute Gasteiger partial charge is 0.0942 e. The largest absolute Gasteiger partial charge is 0.255 e. The molecule has 0 bridgehead atoms. The number of hydrogen-bond donors (Lipinski definition) is 0. The fourth-order valence-corrected chi connectivity index (χ4v) is 2.28. The molecule has 0 atom stereocenters. The van der Waals surface area contributed by atoms with Gasteiger partial charge in [0.15, 0.2) is 0 Å². The maximum absolute atomic E-state index is 4.25. The van der Waals surface area contributed by atoms with Crippen molar-refractivity contribution in [2.75, 3.05) is 0 Å². The van der Waals surface area contributed by atoms with Crippen LogP contribution in [0.3, 0.4) is 0 Å². The molecule has 2 nitrogen and oxygen atoms in total. The summed E-state index contributed by atoms with van der Waals surface area (Å²) in [7, 11) is 0. The first-order chi connectivity index (χ1) is 5.97. The van der Waals surface area contributed by atoms with E-state index in [4.69, 9.17) is 0 Å². The highest BCUT2D eigenvalue weighted by molar-refractivity contribution is 14.2. The molecule has 0 amide bonds. The molecule has 12 heavy (non-hydrogen) atoms. The quantitative estimate of drug-likeness (QED) is 0.718. The Balaban J connectivity index is 2.38. The van der Waals surface area contributed by atoms with E-state index in [9.17, 15) is 0 Å². The molecule has 0 spiro atoms. The van der Waals surface area contributed by atoms with Gasteiger partial charge in [0.1, 0.15) is 0 Å². The molecular formula is C9H7IN2. The van der Waals surface area contributed by atoms with Gasteiger partial charge in [0, 0.05) is 12.4 Å². The van der Waals surface area contributed by atoms with Crippen molar-refractivity contribution in [1.82, 2.24) is 4.98 Å². The molecular weight excluding hydrogens is 263 g/mol. The number of pyridine rings is 1. The minimum absolute atomic E-state index is 0.0724. The summed E-state index contributed by atoms with van der Waals surface area (Å²) in [4.78, 5) is 8.47. The lowest BCUT2D eigenvalue weighted by atomic mass is 10.3. The van der Waals surface area contributed by atoms with Crippen LogP contribution in [0.2, 0.25) is 0 Å². The van der Waals surface area contributed by atoms with Crippen LogP contribution in [0.25, 0.3) is 5.70 Å². The molecule has 0 aromatic carbocycles. The van der Waals surface area contributed by atoms with Crippen molar-refractivity contribution in [2.24, 2.45) is 4.99 Å². The van der Waals surface area contributed by atoms with E-state index in [1.54, 1.807) is 6.20 Å². The van der Waals surface area contributed by atoms with E-state index >= 15 is 0 Å². The van der Waals surface area contributed by atoms with Crippen LogP contribution in [-0.4, -0.2) is 15.2 Å². The van der Waals surface area contributed by atoms with E-state index in [1.807, 2.05) is 24.4 Å². The molecule has 1 aromatic rings. The standard InChI is InChI=1S/C9H7IN2/c1-2-5-11-8(3-1)9-7-10-4-6-12-9/h1-7H. The van der Waals surface area contributed by atoms with Crippen LogP contribution in [0.4, 0.5) is 0 Å². The molecule has 1 aromatic heterocycles. The maximum atomic E-state index is 4.25. The lowest BCUT2D eigenvalue weighted by Crippen LogP contribution is -1.87. The molecule has 0 saturated carbocycles. The Morgan fingerprint density at radius 3 is 2.92 bits per heavy atom. The number of aromatic nitrogens is 1. The van der Waals surface area contributed by atoms with Crippen molar-refractivity contribution in [1.29, 1.82) is 0 Å². The van der Waals surface area contributed by atoms with Gasteiger partial charge in [-0.15, -0.1) is 0 Å². The van der Waals surface area contributed by atoms with Gasteiger partial charge < -0.3 is 0 Å². The van der Waals surface area contributed by atoms with Crippen LogP contribution in [-0.2, 0) is 0 Å². The fourth-order valence-electron chi connectivity index (χ4n) is 0.902. The van der Waals surface area contributed by atoms with E-state index < -0.39 is 0 Å². The molecule has 60 valence electrons. The van der Waals surface area contributed by atoms with Gasteiger partial charge in [-0.1, -0.05) is 26.8 Å². The molecule has 1 aliphatic rings. The Labute approximate surface area is 80.8 Å². The lowest BCUT2D eigenvalue weighted by molar-refractivity contribution is 1.26. The monoisotopic (exact) mass is 270 g/mol. The first kappa shape index (κ1) is 7.79. The molecule has 0 saturated heterocycles. The number of halogens is 1. The van der Waals surface area contributed by atoms with Crippen molar-refractivity contribution in [2.45, 2.75) is 0 Å². The number of aliphatic imine (C=N–C) groups is 1. The van der Waals surface area contributed by atoms with Crippen LogP contribution in [0.15, 0.2) is 33.5 Å². The molecule has 0 fully saturated rings. The molecule has 0 radical (unpaired) electrons. The zero-order valence-electron chi connectivity index (χ0n) is 6.31. The minimum atomic E-state index is 0.0724. The Morgan fingerprint density at radius 2 is 2.25 bits per heavy atom. The van der Waals surface area contributed by atoms with E-state index in [-0.39, 0.29) is 20.7 Å². The van der Waals surface area contributed by atoms with E-state index in [1.165, 1.54) is 0 Å². The fraction of sp³-hybridized carbons (Fsp3) is 0. The van der Waals surface area contributed by atoms with E-state index in [2.05, 4.69) is 18.1 Å². The highest BCUT2D eigenvalue weighted by atomic mass is 127. The summed E-state index contributed by atoms with van der Waals surface area (Å²) in [6, 6.07) is 5.88. The molecule has 2 heterocycles. The zero-order chi connectivity index (χ0) is 8.23. The summed E-state index contributed by atoms with van der Waals surface area (Å²) in [5.41, 5.74) is 1.99. The van der Waals surface area contributed by atoms with Gasteiger partial charge in [-0.2, -0.15) is 0 Å². The first-order valence-corrected chi connectivity index (χ1v) is 6.05. The predicted molar refractivity (Wildman–Crippen MR) is 60.8 cm³/mol. The molecule has 0 aliphatic carbocycles. The van der Waals surface area contributed by atoms with Crippen LogP contribution in [0.5, 0.6) is 0 Å². The van der Waals surface area contributed by atoms with Gasteiger partial charge in [-0.05, 0) is 20.2 Å². The SMILES string of the molecule is C1=NC(c2ccccn2)=CI=C1. The Kier molecular flexibility index (Phi) is 2.41. The van der Waals surface area contributed by atoms with Crippen molar-refractivity contribution in [3.63, 3.8) is 0 Å². The van der Waals surface area contributed by atoms with Crippen LogP contribution < -0.4 is 0 Å². The summed E-state index contributed by atoms with van der Waals surface area (Å²) in [6.45, 7) is 0. The van der Waals surface area contributed by atoms with Crippen molar-refractivity contribution < 1.29 is 0 Å². The maximum Gasteiger partial charge on any atom is 0.0942 e. The lowest BCUT2D eigenvalue weighted by Gasteiger charge is -2.00. The summed E-state index contributed by atoms with van der Waals surface area (Å²) < 4.78 is 4.31. The highest BCUT2D eigenvalue weighted by Crippen LogP contribution is 2.18. The summed E-state index contributed by atoms with van der Waals surface area (Å²) >= 11 is 0.0724. The van der Waals surface area contributed by atoms with Crippen LogP contribution in [0, 0.1) is 0 Å². The van der Waals surface area contributed by atoms with Crippen LogP contribution >= 0.6 is 20.7 Å². The molecule has 1 aliphatic heterocycles. The van der Waals surface area contributed by atoms with Crippen molar-refractivity contribution in [3.8, 4) is 0 Å². The Bertz CT molecular complexity index is 352. The molecule has 0 N–H and O–H groups in total. The van der Waals surface area contributed by atoms with Crippen molar-refractivity contribution >= 4 is 36.7 Å². The second-order valence-electron chi connectivity index (χ2n) is 2.24. The summed E-state index contributed by atoms with van der Waals surface area (Å²) in [5, 5.41) is 0. The van der Waals surface area contributed by atoms with Gasteiger partial charge in [0.25, 0.3) is 0 Å². The topological polar surface area (TPSA) is 25.2 Å². The van der Waals surface area contributed by atoms with E-state index in [0.717, 1.165) is 11.4 Å². The van der Waals surface area contributed by atoms with Gasteiger partial charge in [-0.3, -0.25) is 9.98 Å². The normalized spacial score (nSPS) is 15.2. The first-order valence-electron chi connectivity index (χ1n) is 3.56. The van der Waals surface area contributed by atoms with Gasteiger partial charge >= 0.3 is 0 Å². The molecule has 2 rings (SSSR count). The van der Waals surface area contributed by atoms with Gasteiger partial charge in [0.2, 0.25) is 0 Å². The average Bonchev–Trinajstić information content (AvgIpc) is 2.21. The third-order valence-electron chi connectivity index (χ3n) is 1.44. The highest BCUT2D eigenvalue weighted by Gasteiger charge is 1.99. The third-order valence-corrected chi connectivity index (χ3v) is 3.12. The number of rotatable bonds is 1. The number of nitrogens with zero attached hydrogens (tertiary/aromatic N) is 2.